The van der Waals surface area contributed by atoms with E-state index in [2.05, 4.69) is 25.9 Å². The van der Waals surface area contributed by atoms with Crippen LogP contribution in [0, 0.1) is 5.82 Å². The number of urea groups is 1. The molecule has 0 saturated carbocycles. The predicted molar refractivity (Wildman–Crippen MR) is 125 cm³/mol. The Morgan fingerprint density at radius 3 is 2.70 bits per heavy atom. The van der Waals surface area contributed by atoms with E-state index in [9.17, 15) is 18.8 Å². The summed E-state index contributed by atoms with van der Waals surface area (Å²) in [5.74, 6) is -0.592. The molecular formula is C22H17FN6O3S. The van der Waals surface area contributed by atoms with Crippen molar-refractivity contribution < 1.29 is 14.0 Å². The third-order valence-corrected chi connectivity index (χ3v) is 6.14. The van der Waals surface area contributed by atoms with Gasteiger partial charge in [0.1, 0.15) is 11.9 Å². The van der Waals surface area contributed by atoms with Crippen molar-refractivity contribution in [3.8, 4) is 0 Å². The number of anilines is 4. The summed E-state index contributed by atoms with van der Waals surface area (Å²) in [6, 6.07) is 11.1. The van der Waals surface area contributed by atoms with Crippen LogP contribution in [0.2, 0.25) is 0 Å². The second-order valence-corrected chi connectivity index (χ2v) is 8.43. The van der Waals surface area contributed by atoms with E-state index >= 15 is 0 Å². The van der Waals surface area contributed by atoms with Crippen molar-refractivity contribution in [2.45, 2.75) is 6.04 Å². The van der Waals surface area contributed by atoms with Gasteiger partial charge in [0.15, 0.2) is 5.13 Å². The highest BCUT2D eigenvalue weighted by Crippen LogP contribution is 2.36. The first kappa shape index (κ1) is 20.6. The minimum Gasteiger partial charge on any atom is -0.367 e. The maximum absolute atomic E-state index is 13.0. The number of rotatable bonds is 3. The van der Waals surface area contributed by atoms with E-state index in [-0.39, 0.29) is 11.5 Å². The number of aromatic nitrogens is 2. The fourth-order valence-corrected chi connectivity index (χ4v) is 4.49. The van der Waals surface area contributed by atoms with Crippen molar-refractivity contribution in [1.29, 1.82) is 0 Å². The average Bonchev–Trinajstić information content (AvgIpc) is 3.19. The van der Waals surface area contributed by atoms with Crippen LogP contribution >= 0.6 is 11.3 Å². The van der Waals surface area contributed by atoms with Crippen LogP contribution in [0.4, 0.5) is 31.4 Å². The number of pyridine rings is 1. The highest BCUT2D eigenvalue weighted by atomic mass is 32.1. The largest absolute Gasteiger partial charge is 0.367 e. The van der Waals surface area contributed by atoms with Crippen molar-refractivity contribution in [3.05, 3.63) is 76.5 Å². The van der Waals surface area contributed by atoms with Crippen LogP contribution in [0.25, 0.3) is 10.2 Å². The van der Waals surface area contributed by atoms with Gasteiger partial charge < -0.3 is 20.5 Å². The van der Waals surface area contributed by atoms with Crippen LogP contribution in [-0.2, 0) is 4.79 Å². The minimum atomic E-state index is -0.641. The number of hydrogen-bond donors (Lipinski definition) is 4. The second kappa shape index (κ2) is 8.02. The first-order valence-corrected chi connectivity index (χ1v) is 10.7. The zero-order valence-electron chi connectivity index (χ0n) is 17.2. The van der Waals surface area contributed by atoms with Gasteiger partial charge in [0.05, 0.1) is 21.6 Å². The third-order valence-electron chi connectivity index (χ3n) is 5.21. The molecule has 166 valence electrons. The van der Waals surface area contributed by atoms with Crippen molar-refractivity contribution in [2.24, 2.45) is 0 Å². The maximum Gasteiger partial charge on any atom is 0.325 e. The molecule has 2 aromatic carbocycles. The molecule has 3 heterocycles. The van der Waals surface area contributed by atoms with Crippen LogP contribution in [0.5, 0.6) is 0 Å². The monoisotopic (exact) mass is 464 g/mol. The van der Waals surface area contributed by atoms with E-state index in [1.165, 1.54) is 46.6 Å². The van der Waals surface area contributed by atoms with Gasteiger partial charge in [0.25, 0.3) is 5.91 Å². The summed E-state index contributed by atoms with van der Waals surface area (Å²) in [7, 11) is 1.63. The van der Waals surface area contributed by atoms with Crippen LogP contribution < -0.4 is 26.4 Å². The van der Waals surface area contributed by atoms with Gasteiger partial charge in [-0.25, -0.2) is 14.2 Å². The Balaban J connectivity index is 1.36. The topological polar surface area (TPSA) is 119 Å². The van der Waals surface area contributed by atoms with Gasteiger partial charge in [-0.3, -0.25) is 14.9 Å². The molecule has 0 bridgehead atoms. The summed E-state index contributed by atoms with van der Waals surface area (Å²) in [5.41, 5.74) is 2.71. The molecule has 0 saturated heterocycles. The minimum absolute atomic E-state index is 0.200. The zero-order valence-corrected chi connectivity index (χ0v) is 18.0. The number of carbonyl (C=O) groups is 2. The van der Waals surface area contributed by atoms with Crippen LogP contribution in [0.3, 0.4) is 0 Å². The molecule has 33 heavy (non-hydrogen) atoms. The molecular weight excluding hydrogens is 447 g/mol. The molecule has 1 aliphatic rings. The molecule has 1 aliphatic heterocycles. The van der Waals surface area contributed by atoms with E-state index in [0.29, 0.717) is 27.7 Å². The number of H-pyrrole nitrogens is 1. The van der Waals surface area contributed by atoms with Crippen LogP contribution in [0.15, 0.2) is 59.5 Å². The Labute approximate surface area is 190 Å². The Bertz CT molecular complexity index is 1450. The molecule has 4 N–H and O–H groups in total. The highest BCUT2D eigenvalue weighted by Gasteiger charge is 2.32. The van der Waals surface area contributed by atoms with Crippen molar-refractivity contribution in [2.75, 3.05) is 27.9 Å². The SMILES string of the molecule is CN1C(=O)C(c2ccc3nc(NC(=O)Nc4ccc(F)cc4)sc3c2)Nc2c[nH]c(=O)cc21. The lowest BCUT2D eigenvalue weighted by molar-refractivity contribution is -0.119. The Kier molecular flexibility index (Phi) is 5.02. The Hall–Kier alpha value is -4.25. The highest BCUT2D eigenvalue weighted by molar-refractivity contribution is 7.22. The standard InChI is InChI=1S/C22H17FN6O3S/c1-29-16-9-18(30)24-10-15(16)26-19(20(29)31)11-2-7-14-17(8-11)33-22(27-14)28-21(32)25-13-5-3-12(23)4-6-13/h2-10,19,26H,1H3,(H,24,30)(H2,25,27,28,32). The fourth-order valence-electron chi connectivity index (χ4n) is 3.58. The van der Waals surface area contributed by atoms with E-state index < -0.39 is 17.9 Å². The number of aromatic amines is 1. The smallest absolute Gasteiger partial charge is 0.325 e. The van der Waals surface area contributed by atoms with Gasteiger partial charge in [0.2, 0.25) is 5.56 Å². The molecule has 1 unspecified atom stereocenters. The number of amides is 3. The number of hydrogen-bond acceptors (Lipinski definition) is 6. The molecule has 0 aliphatic carbocycles. The fraction of sp³-hybridized carbons (Fsp3) is 0.0909. The van der Waals surface area contributed by atoms with Gasteiger partial charge in [-0.2, -0.15) is 0 Å². The van der Waals surface area contributed by atoms with E-state index in [1.54, 1.807) is 25.4 Å². The maximum atomic E-state index is 13.0. The Morgan fingerprint density at radius 1 is 1.12 bits per heavy atom. The summed E-state index contributed by atoms with van der Waals surface area (Å²) in [6.45, 7) is 0. The number of halogens is 1. The Morgan fingerprint density at radius 2 is 1.91 bits per heavy atom. The first-order chi connectivity index (χ1) is 15.9. The third kappa shape index (κ3) is 4.01. The lowest BCUT2D eigenvalue weighted by Gasteiger charge is -2.32. The van der Waals surface area contributed by atoms with Gasteiger partial charge >= 0.3 is 6.03 Å². The number of likely N-dealkylation sites (N-methyl/N-ethyl adjacent to an activating group) is 1. The lowest BCUT2D eigenvalue weighted by atomic mass is 10.0. The van der Waals surface area contributed by atoms with Crippen LogP contribution in [0.1, 0.15) is 11.6 Å². The number of benzene rings is 2. The van der Waals surface area contributed by atoms with Crippen molar-refractivity contribution >= 4 is 55.7 Å². The lowest BCUT2D eigenvalue weighted by Crippen LogP contribution is -2.40. The molecule has 4 aromatic rings. The number of fused-ring (bicyclic) bond motifs is 2. The molecule has 0 spiro atoms. The van der Waals surface area contributed by atoms with E-state index in [0.717, 1.165) is 10.3 Å². The first-order valence-electron chi connectivity index (χ1n) is 9.88. The molecule has 3 amide bonds. The summed E-state index contributed by atoms with van der Waals surface area (Å²) in [6.07, 6.45) is 1.54. The summed E-state index contributed by atoms with van der Waals surface area (Å²) in [5, 5.41) is 8.83. The normalized spacial score (nSPS) is 15.2. The predicted octanol–water partition coefficient (Wildman–Crippen LogP) is 3.90. The number of nitrogens with zero attached hydrogens (tertiary/aromatic N) is 2. The van der Waals surface area contributed by atoms with Gasteiger partial charge in [-0.15, -0.1) is 0 Å². The van der Waals surface area contributed by atoms with Crippen molar-refractivity contribution in [1.82, 2.24) is 9.97 Å². The molecule has 11 heteroatoms. The van der Waals surface area contributed by atoms with Crippen LogP contribution in [-0.4, -0.2) is 29.0 Å². The molecule has 9 nitrogen and oxygen atoms in total. The van der Waals surface area contributed by atoms with E-state index in [4.69, 9.17) is 0 Å². The van der Waals surface area contributed by atoms with Gasteiger partial charge in [0, 0.05) is 25.0 Å². The summed E-state index contributed by atoms with van der Waals surface area (Å²) < 4.78 is 13.8. The second-order valence-electron chi connectivity index (χ2n) is 7.40. The quantitative estimate of drug-likeness (QED) is 0.367. The number of carbonyl (C=O) groups excluding carboxylic acids is 2. The zero-order chi connectivity index (χ0) is 23.1. The summed E-state index contributed by atoms with van der Waals surface area (Å²) >= 11 is 1.26. The molecule has 0 fully saturated rings. The summed E-state index contributed by atoms with van der Waals surface area (Å²) in [4.78, 5) is 45.3. The number of nitrogens with one attached hydrogen (secondary N) is 4. The molecule has 0 radical (unpaired) electrons. The molecule has 5 rings (SSSR count). The average molecular weight is 464 g/mol. The number of thiazole rings is 1. The van der Waals surface area contributed by atoms with E-state index in [1.807, 2.05) is 6.07 Å². The van der Waals surface area contributed by atoms with Gasteiger partial charge in [-0.05, 0) is 42.0 Å². The molecule has 1 atom stereocenters. The molecule has 2 aromatic heterocycles. The van der Waals surface area contributed by atoms with Gasteiger partial charge in [-0.1, -0.05) is 17.4 Å². The van der Waals surface area contributed by atoms with Crippen molar-refractivity contribution in [3.63, 3.8) is 0 Å².